The number of hydrogen-bond donors (Lipinski definition) is 2. The molecule has 1 unspecified atom stereocenters. The normalized spacial score (nSPS) is 20.3. The van der Waals surface area contributed by atoms with Crippen molar-refractivity contribution >= 4 is 61.3 Å². The van der Waals surface area contributed by atoms with Gasteiger partial charge in [0.1, 0.15) is 46.5 Å². The Morgan fingerprint density at radius 3 is 2.74 bits per heavy atom. The lowest BCUT2D eigenvalue weighted by Gasteiger charge is -2.27. The minimum absolute atomic E-state index is 0.0169. The number of likely N-dealkylation sites (tertiary alicyclic amines) is 1. The highest BCUT2D eigenvalue weighted by Crippen LogP contribution is 2.48. The van der Waals surface area contributed by atoms with Crippen LogP contribution in [0.1, 0.15) is 18.4 Å². The molecule has 1 saturated carbocycles. The van der Waals surface area contributed by atoms with Crippen LogP contribution >= 0.6 is 15.9 Å². The molecule has 2 fully saturated rings. The summed E-state index contributed by atoms with van der Waals surface area (Å²) in [6.07, 6.45) is -2.20. The summed E-state index contributed by atoms with van der Waals surface area (Å²) in [7, 11) is 1.14. The number of benzene rings is 1. The zero-order chi connectivity index (χ0) is 27.6. The molecule has 10 nitrogen and oxygen atoms in total. The molecule has 4 aromatic rings. The van der Waals surface area contributed by atoms with Crippen molar-refractivity contribution in [3.8, 4) is 5.75 Å². The highest BCUT2D eigenvalue weighted by molar-refractivity contribution is 9.10. The number of nitrogen functional groups attached to an aromatic ring is 1. The van der Waals surface area contributed by atoms with Crippen molar-refractivity contribution in [3.05, 3.63) is 46.8 Å². The Morgan fingerprint density at radius 2 is 2.03 bits per heavy atom. The molecule has 0 radical (unpaired) electrons. The van der Waals surface area contributed by atoms with Gasteiger partial charge in [0, 0.05) is 17.5 Å². The first kappa shape index (κ1) is 25.3. The van der Waals surface area contributed by atoms with Crippen LogP contribution in [-0.4, -0.2) is 55.4 Å². The number of anilines is 2. The zero-order valence-electron chi connectivity index (χ0n) is 20.4. The van der Waals surface area contributed by atoms with Crippen molar-refractivity contribution in [1.29, 1.82) is 0 Å². The van der Waals surface area contributed by atoms with Gasteiger partial charge >= 0.3 is 6.18 Å². The number of nitrogens with zero attached hydrogens (tertiary/aromatic N) is 5. The maximum absolute atomic E-state index is 13.8. The van der Waals surface area contributed by atoms with Crippen molar-refractivity contribution in [3.63, 3.8) is 0 Å². The molecule has 3 N–H and O–H groups in total. The minimum atomic E-state index is -4.69. The molecule has 0 spiro atoms. The van der Waals surface area contributed by atoms with E-state index in [1.807, 2.05) is 0 Å². The smallest absolute Gasteiger partial charge is 0.419 e. The van der Waals surface area contributed by atoms with Gasteiger partial charge in [0.25, 0.3) is 0 Å². The number of piperidine rings is 1. The van der Waals surface area contributed by atoms with Gasteiger partial charge in [-0.3, -0.25) is 9.59 Å². The largest absolute Gasteiger partial charge is 0.496 e. The van der Waals surface area contributed by atoms with E-state index in [-0.39, 0.29) is 58.1 Å². The second-order valence-corrected chi connectivity index (χ2v) is 10.4. The monoisotopic (exact) mass is 603 g/mol. The molecule has 39 heavy (non-hydrogen) atoms. The van der Waals surface area contributed by atoms with E-state index in [0.717, 1.165) is 19.6 Å². The standard InChI is InChI=1S/C25H21BrF3N7O3/c1-39-17-8-15-12(7-13(17)25(27,28)29)21-22(30)31-10-32-23(21)35(15)9-20(37)36-14-5-11(14)6-16(36)24(38)34-19-4-2-3-18(26)33-19/h2-4,7-8,10-11,14,16H,5-6,9H2,1H3,(H2,30,31,32)(H,33,34,38)/t11?,14-,16+/m1/s1. The first-order valence-electron chi connectivity index (χ1n) is 12.0. The molecule has 2 aliphatic rings. The third kappa shape index (κ3) is 4.32. The summed E-state index contributed by atoms with van der Waals surface area (Å²) >= 11 is 3.27. The Hall–Kier alpha value is -3.94. The molecule has 1 aliphatic carbocycles. The number of nitrogens with one attached hydrogen (secondary N) is 1. The van der Waals surface area contributed by atoms with Gasteiger partial charge in [-0.15, -0.1) is 0 Å². The second-order valence-electron chi connectivity index (χ2n) is 9.56. The third-order valence-corrected chi connectivity index (χ3v) is 7.69. The Balaban J connectivity index is 1.38. The number of carbonyl (C=O) groups is 2. The fourth-order valence-electron chi connectivity index (χ4n) is 5.46. The van der Waals surface area contributed by atoms with Crippen LogP contribution in [0.4, 0.5) is 24.8 Å². The molecular weight excluding hydrogens is 583 g/mol. The average Bonchev–Trinajstić information content (AvgIpc) is 3.43. The number of hydrogen-bond acceptors (Lipinski definition) is 7. The summed E-state index contributed by atoms with van der Waals surface area (Å²) in [6, 6.07) is 6.48. The molecule has 3 aromatic heterocycles. The number of halogens is 4. The molecule has 6 rings (SSSR count). The van der Waals surface area contributed by atoms with Crippen LogP contribution in [0.25, 0.3) is 21.9 Å². The van der Waals surface area contributed by atoms with Gasteiger partial charge < -0.3 is 25.3 Å². The number of methoxy groups -OCH3 is 1. The highest BCUT2D eigenvalue weighted by Gasteiger charge is 2.56. The molecule has 0 bridgehead atoms. The molecule has 4 heterocycles. The van der Waals surface area contributed by atoms with Gasteiger partial charge in [0.05, 0.1) is 23.6 Å². The molecule has 1 aromatic carbocycles. The van der Waals surface area contributed by atoms with E-state index in [1.54, 1.807) is 23.1 Å². The highest BCUT2D eigenvalue weighted by atomic mass is 79.9. The molecule has 3 atom stereocenters. The van der Waals surface area contributed by atoms with Gasteiger partial charge in [-0.2, -0.15) is 13.2 Å². The lowest BCUT2D eigenvalue weighted by atomic mass is 10.1. The zero-order valence-corrected chi connectivity index (χ0v) is 22.0. The van der Waals surface area contributed by atoms with Crippen LogP contribution < -0.4 is 15.8 Å². The maximum atomic E-state index is 13.8. The van der Waals surface area contributed by atoms with Gasteiger partial charge in [-0.25, -0.2) is 15.0 Å². The number of rotatable bonds is 5. The molecule has 14 heteroatoms. The van der Waals surface area contributed by atoms with Crippen molar-refractivity contribution in [1.82, 2.24) is 24.4 Å². The second kappa shape index (κ2) is 9.07. The van der Waals surface area contributed by atoms with Crippen LogP contribution in [0, 0.1) is 5.92 Å². The first-order chi connectivity index (χ1) is 18.6. The molecule has 1 saturated heterocycles. The van der Waals surface area contributed by atoms with E-state index in [9.17, 15) is 22.8 Å². The van der Waals surface area contributed by atoms with Gasteiger partial charge in [0.2, 0.25) is 11.8 Å². The van der Waals surface area contributed by atoms with E-state index in [2.05, 4.69) is 36.2 Å². The lowest BCUT2D eigenvalue weighted by molar-refractivity contribution is -0.139. The van der Waals surface area contributed by atoms with Gasteiger partial charge in [-0.05, 0) is 52.9 Å². The summed E-state index contributed by atoms with van der Waals surface area (Å²) < 4.78 is 48.4. The summed E-state index contributed by atoms with van der Waals surface area (Å²) in [5.74, 6) is -0.573. The number of pyridine rings is 1. The number of ether oxygens (including phenoxy) is 1. The maximum Gasteiger partial charge on any atom is 0.419 e. The SMILES string of the molecule is COc1cc2c(cc1C(F)(F)F)c1c(N)ncnc1n2CC(=O)N1[C@@H]2CC2C[C@H]1C(=O)Nc1cccc(Br)n1. The number of fused-ring (bicyclic) bond motifs is 4. The van der Waals surface area contributed by atoms with Crippen LogP contribution in [0.15, 0.2) is 41.3 Å². The first-order valence-corrected chi connectivity index (χ1v) is 12.8. The van der Waals surface area contributed by atoms with Crippen LogP contribution in [-0.2, 0) is 22.3 Å². The van der Waals surface area contributed by atoms with Crippen LogP contribution in [0.5, 0.6) is 5.75 Å². The molecular formula is C25H21BrF3N7O3. The summed E-state index contributed by atoms with van der Waals surface area (Å²) in [5, 5.41) is 3.12. The Kier molecular flexibility index (Phi) is 5.90. The number of alkyl halides is 3. The van der Waals surface area contributed by atoms with E-state index in [4.69, 9.17) is 10.5 Å². The fourth-order valence-corrected chi connectivity index (χ4v) is 5.81. The van der Waals surface area contributed by atoms with Gasteiger partial charge in [0.15, 0.2) is 0 Å². The van der Waals surface area contributed by atoms with E-state index in [1.165, 1.54) is 17.0 Å². The molecule has 1 aliphatic heterocycles. The number of nitrogens with two attached hydrogens (primary N) is 1. The lowest BCUT2D eigenvalue weighted by Crippen LogP contribution is -2.46. The van der Waals surface area contributed by atoms with E-state index >= 15 is 0 Å². The summed E-state index contributed by atoms with van der Waals surface area (Å²) in [6.45, 7) is -0.271. The quantitative estimate of drug-likeness (QED) is 0.330. The fraction of sp³-hybridized carbons (Fsp3) is 0.320. The molecule has 202 valence electrons. The van der Waals surface area contributed by atoms with Crippen molar-refractivity contribution in [2.75, 3.05) is 18.2 Å². The van der Waals surface area contributed by atoms with E-state index < -0.39 is 23.5 Å². The average molecular weight is 604 g/mol. The summed E-state index contributed by atoms with van der Waals surface area (Å²) in [5.41, 5.74) is 5.56. The Labute approximate surface area is 227 Å². The van der Waals surface area contributed by atoms with Crippen LogP contribution in [0.2, 0.25) is 0 Å². The Morgan fingerprint density at radius 1 is 1.23 bits per heavy atom. The number of carbonyl (C=O) groups excluding carboxylic acids is 2. The predicted molar refractivity (Wildman–Crippen MR) is 139 cm³/mol. The topological polar surface area (TPSA) is 128 Å². The number of aromatic nitrogens is 4. The van der Waals surface area contributed by atoms with Gasteiger partial charge in [-0.1, -0.05) is 6.07 Å². The van der Waals surface area contributed by atoms with Crippen molar-refractivity contribution in [2.24, 2.45) is 5.92 Å². The Bertz CT molecular complexity index is 1660. The van der Waals surface area contributed by atoms with Crippen molar-refractivity contribution in [2.45, 2.75) is 37.6 Å². The molecule has 2 amide bonds. The van der Waals surface area contributed by atoms with Crippen molar-refractivity contribution < 1.29 is 27.5 Å². The minimum Gasteiger partial charge on any atom is -0.496 e. The predicted octanol–water partition coefficient (Wildman–Crippen LogP) is 3.98. The summed E-state index contributed by atoms with van der Waals surface area (Å²) in [4.78, 5) is 40.9. The third-order valence-electron chi connectivity index (χ3n) is 7.25. The van der Waals surface area contributed by atoms with Crippen LogP contribution in [0.3, 0.4) is 0 Å². The van der Waals surface area contributed by atoms with E-state index in [0.29, 0.717) is 16.8 Å². The number of amides is 2.